The number of rotatable bonds is 9. The van der Waals surface area contributed by atoms with Crippen LogP contribution in [0.5, 0.6) is 5.88 Å². The molecule has 0 unspecified atom stereocenters. The van der Waals surface area contributed by atoms with Gasteiger partial charge in [0.1, 0.15) is 5.56 Å². The van der Waals surface area contributed by atoms with Gasteiger partial charge in [-0.05, 0) is 68.9 Å². The largest absolute Gasteiger partial charge is 0.361 e. The number of benzene rings is 1. The van der Waals surface area contributed by atoms with Crippen LogP contribution in [-0.2, 0) is 16.7 Å². The minimum Gasteiger partial charge on any atom is -0.361 e. The molecule has 0 N–H and O–H groups in total. The van der Waals surface area contributed by atoms with Crippen molar-refractivity contribution in [2.75, 3.05) is 5.75 Å². The summed E-state index contributed by atoms with van der Waals surface area (Å²) >= 11 is 6.44. The van der Waals surface area contributed by atoms with Crippen molar-refractivity contribution in [3.05, 3.63) is 51.2 Å². The third kappa shape index (κ3) is 5.77. The van der Waals surface area contributed by atoms with Crippen LogP contribution in [0.25, 0.3) is 5.57 Å². The van der Waals surface area contributed by atoms with Gasteiger partial charge in [-0.2, -0.15) is 13.5 Å². The second kappa shape index (κ2) is 10.0. The Morgan fingerprint density at radius 3 is 2.39 bits per heavy atom. The highest BCUT2D eigenvalue weighted by molar-refractivity contribution is 7.87. The number of aryl methyl sites for hydroxylation is 1. The summed E-state index contributed by atoms with van der Waals surface area (Å²) in [4.78, 5) is 13.5. The van der Waals surface area contributed by atoms with Crippen LogP contribution < -0.4 is 4.18 Å². The van der Waals surface area contributed by atoms with E-state index in [-0.39, 0.29) is 28.9 Å². The third-order valence-electron chi connectivity index (χ3n) is 5.00. The summed E-state index contributed by atoms with van der Waals surface area (Å²) in [6, 6.07) is 3.35. The molecule has 0 amide bonds. The number of nitrogens with zero attached hydrogens (tertiary/aromatic N) is 2. The zero-order valence-electron chi connectivity index (χ0n) is 19.2. The van der Waals surface area contributed by atoms with Crippen molar-refractivity contribution in [3.8, 4) is 5.88 Å². The van der Waals surface area contributed by atoms with Gasteiger partial charge in [0.2, 0.25) is 5.88 Å². The number of hydrogen-bond acceptors (Lipinski definition) is 5. The van der Waals surface area contributed by atoms with Crippen molar-refractivity contribution >= 4 is 33.1 Å². The van der Waals surface area contributed by atoms with E-state index < -0.39 is 10.1 Å². The zero-order valence-corrected chi connectivity index (χ0v) is 20.8. The van der Waals surface area contributed by atoms with Gasteiger partial charge in [-0.3, -0.25) is 4.79 Å². The third-order valence-corrected chi connectivity index (χ3v) is 6.80. The summed E-state index contributed by atoms with van der Waals surface area (Å²) in [7, 11) is -3.87. The monoisotopic (exact) mass is 466 g/mol. The van der Waals surface area contributed by atoms with E-state index in [1.807, 2.05) is 34.6 Å². The Kier molecular flexibility index (Phi) is 8.11. The molecule has 0 atom stereocenters. The highest BCUT2D eigenvalue weighted by atomic mass is 35.5. The molecule has 0 aliphatic heterocycles. The van der Waals surface area contributed by atoms with Crippen molar-refractivity contribution in [2.24, 2.45) is 5.92 Å². The maximum atomic E-state index is 13.5. The topological polar surface area (TPSA) is 78.3 Å². The smallest absolute Gasteiger partial charge is 0.310 e. The lowest BCUT2D eigenvalue weighted by molar-refractivity contribution is 0.103. The first-order valence-corrected chi connectivity index (χ1v) is 12.3. The normalized spacial score (nSPS) is 11.6. The second-order valence-electron chi connectivity index (χ2n) is 8.34. The van der Waals surface area contributed by atoms with Crippen LogP contribution in [0.3, 0.4) is 0 Å². The van der Waals surface area contributed by atoms with Crippen molar-refractivity contribution < 1.29 is 17.4 Å². The van der Waals surface area contributed by atoms with Gasteiger partial charge in [0.15, 0.2) is 5.78 Å². The second-order valence-corrected chi connectivity index (χ2v) is 10.4. The summed E-state index contributed by atoms with van der Waals surface area (Å²) in [5.74, 6) is -0.654. The minimum atomic E-state index is -3.87. The first-order chi connectivity index (χ1) is 14.4. The van der Waals surface area contributed by atoms with Crippen molar-refractivity contribution in [1.29, 1.82) is 0 Å². The Bertz CT molecular complexity index is 1110. The Balaban J connectivity index is 2.61. The summed E-state index contributed by atoms with van der Waals surface area (Å²) < 4.78 is 31.9. The molecule has 0 fully saturated rings. The molecule has 8 heteroatoms. The van der Waals surface area contributed by atoms with Gasteiger partial charge in [-0.1, -0.05) is 37.9 Å². The van der Waals surface area contributed by atoms with Gasteiger partial charge in [-0.25, -0.2) is 4.68 Å². The molecule has 0 spiro atoms. The van der Waals surface area contributed by atoms with Gasteiger partial charge in [0.25, 0.3) is 0 Å². The van der Waals surface area contributed by atoms with Crippen LogP contribution in [-0.4, -0.2) is 29.7 Å². The molecule has 1 heterocycles. The maximum absolute atomic E-state index is 13.5. The van der Waals surface area contributed by atoms with Gasteiger partial charge >= 0.3 is 10.1 Å². The number of allylic oxidation sites excluding steroid dienone is 2. The standard InChI is InChI=1S/C23H31ClN2O4S/c1-8-11-26-23(30-31(28,29)13-14(2)3)19(12-25-26)22(27)18-9-10-20(24)21(17(18)7)16(6)15(4)5/h9-10,12,14H,8,11,13H2,1-7H3. The number of hydrogen-bond donors (Lipinski definition) is 0. The number of carbonyl (C=O) groups excluding carboxylic acids is 1. The first-order valence-electron chi connectivity index (χ1n) is 10.4. The van der Waals surface area contributed by atoms with E-state index >= 15 is 0 Å². The number of carbonyl (C=O) groups is 1. The molecule has 1 aromatic carbocycles. The average molecular weight is 467 g/mol. The van der Waals surface area contributed by atoms with E-state index in [1.54, 1.807) is 26.0 Å². The molecular weight excluding hydrogens is 436 g/mol. The van der Waals surface area contributed by atoms with E-state index in [0.29, 0.717) is 23.6 Å². The molecule has 6 nitrogen and oxygen atoms in total. The molecule has 2 aromatic rings. The molecule has 0 aliphatic rings. The van der Waals surface area contributed by atoms with Crippen molar-refractivity contribution in [2.45, 2.75) is 61.4 Å². The summed E-state index contributed by atoms with van der Waals surface area (Å²) in [5, 5.41) is 4.78. The number of ketones is 1. The fourth-order valence-electron chi connectivity index (χ4n) is 3.33. The fraction of sp³-hybridized carbons (Fsp3) is 0.478. The van der Waals surface area contributed by atoms with E-state index in [9.17, 15) is 13.2 Å². The van der Waals surface area contributed by atoms with E-state index in [2.05, 4.69) is 5.10 Å². The predicted octanol–water partition coefficient (Wildman–Crippen LogP) is 5.66. The molecule has 0 bridgehead atoms. The molecule has 0 aliphatic carbocycles. The fourth-order valence-corrected chi connectivity index (χ4v) is 4.98. The Labute approximate surface area is 190 Å². The molecule has 170 valence electrons. The Morgan fingerprint density at radius 2 is 1.84 bits per heavy atom. The van der Waals surface area contributed by atoms with Crippen LogP contribution in [0.1, 0.15) is 75.0 Å². The number of aromatic nitrogens is 2. The Hall–Kier alpha value is -2.12. The quantitative estimate of drug-likeness (QED) is 0.351. The van der Waals surface area contributed by atoms with Crippen molar-refractivity contribution in [1.82, 2.24) is 9.78 Å². The Morgan fingerprint density at radius 1 is 1.19 bits per heavy atom. The van der Waals surface area contributed by atoms with Gasteiger partial charge < -0.3 is 4.18 Å². The van der Waals surface area contributed by atoms with Crippen LogP contribution in [0, 0.1) is 12.8 Å². The molecule has 0 saturated heterocycles. The predicted molar refractivity (Wildman–Crippen MR) is 125 cm³/mol. The van der Waals surface area contributed by atoms with Crippen LogP contribution in [0.2, 0.25) is 5.02 Å². The zero-order chi connectivity index (χ0) is 23.5. The van der Waals surface area contributed by atoms with Gasteiger partial charge in [0.05, 0.1) is 11.9 Å². The lowest BCUT2D eigenvalue weighted by Gasteiger charge is -2.15. The van der Waals surface area contributed by atoms with E-state index in [4.69, 9.17) is 15.8 Å². The average Bonchev–Trinajstić information content (AvgIpc) is 3.02. The van der Waals surface area contributed by atoms with E-state index in [0.717, 1.165) is 22.3 Å². The minimum absolute atomic E-state index is 0.0395. The van der Waals surface area contributed by atoms with Crippen LogP contribution in [0.4, 0.5) is 0 Å². The van der Waals surface area contributed by atoms with Crippen LogP contribution >= 0.6 is 11.6 Å². The highest BCUT2D eigenvalue weighted by Gasteiger charge is 2.27. The summed E-state index contributed by atoms with van der Waals surface area (Å²) in [6.45, 7) is 13.7. The van der Waals surface area contributed by atoms with Gasteiger partial charge in [0, 0.05) is 17.1 Å². The highest BCUT2D eigenvalue weighted by Crippen LogP contribution is 2.33. The summed E-state index contributed by atoms with van der Waals surface area (Å²) in [6.07, 6.45) is 2.08. The molecule has 1 aromatic heterocycles. The van der Waals surface area contributed by atoms with Gasteiger partial charge in [-0.15, -0.1) is 0 Å². The maximum Gasteiger partial charge on any atom is 0.310 e. The first kappa shape index (κ1) is 25.1. The molecule has 2 rings (SSSR count). The molecular formula is C23H31ClN2O4S. The lowest BCUT2D eigenvalue weighted by Crippen LogP contribution is -2.21. The summed E-state index contributed by atoms with van der Waals surface area (Å²) in [5.41, 5.74) is 4.18. The molecule has 0 saturated carbocycles. The van der Waals surface area contributed by atoms with Crippen molar-refractivity contribution in [3.63, 3.8) is 0 Å². The number of halogens is 1. The molecule has 0 radical (unpaired) electrons. The SMILES string of the molecule is CCCn1ncc(C(=O)c2ccc(Cl)c(C(C)=C(C)C)c2C)c1OS(=O)(=O)CC(C)C. The van der Waals surface area contributed by atoms with E-state index in [1.165, 1.54) is 10.9 Å². The lowest BCUT2D eigenvalue weighted by atomic mass is 9.92. The molecule has 31 heavy (non-hydrogen) atoms. The van der Waals surface area contributed by atoms with Crippen LogP contribution in [0.15, 0.2) is 23.9 Å².